The zero-order valence-corrected chi connectivity index (χ0v) is 20.6. The number of non-ortho nitro benzene ring substituents is 1. The van der Waals surface area contributed by atoms with E-state index in [0.29, 0.717) is 22.2 Å². The number of nitro groups is 1. The Balaban J connectivity index is 1.36. The molecule has 0 unspecified atom stereocenters. The van der Waals surface area contributed by atoms with E-state index in [0.717, 1.165) is 5.56 Å². The molecule has 0 spiro atoms. The van der Waals surface area contributed by atoms with E-state index in [1.807, 2.05) is 6.92 Å². The molecular weight excluding hydrogens is 506 g/mol. The van der Waals surface area contributed by atoms with Gasteiger partial charge in [0.05, 0.1) is 15.6 Å². The van der Waals surface area contributed by atoms with Gasteiger partial charge in [-0.15, -0.1) is 10.2 Å². The van der Waals surface area contributed by atoms with E-state index in [1.54, 1.807) is 42.5 Å². The lowest BCUT2D eigenvalue weighted by Crippen LogP contribution is -2.26. The molecule has 186 valence electrons. The molecule has 0 aliphatic carbocycles. The summed E-state index contributed by atoms with van der Waals surface area (Å²) in [5.41, 5.74) is 1.66. The minimum atomic E-state index is -3.66. The zero-order valence-electron chi connectivity index (χ0n) is 19.0. The quantitative estimate of drug-likeness (QED) is 0.179. The average Bonchev–Trinajstić information content (AvgIpc) is 3.25. The normalized spacial score (nSPS) is 11.5. The van der Waals surface area contributed by atoms with Crippen molar-refractivity contribution in [3.63, 3.8) is 0 Å². The maximum Gasteiger partial charge on any atom is 0.271 e. The second-order valence-electron chi connectivity index (χ2n) is 7.66. The second-order valence-corrected chi connectivity index (χ2v) is 10.4. The third kappa shape index (κ3) is 6.21. The lowest BCUT2D eigenvalue weighted by Gasteiger charge is -2.07. The van der Waals surface area contributed by atoms with Gasteiger partial charge in [-0.3, -0.25) is 14.9 Å². The van der Waals surface area contributed by atoms with Crippen LogP contribution in [0.3, 0.4) is 0 Å². The Morgan fingerprint density at radius 2 is 1.89 bits per heavy atom. The number of nitro benzene ring substituents is 1. The summed E-state index contributed by atoms with van der Waals surface area (Å²) in [5, 5.41) is 26.6. The molecule has 0 saturated carbocycles. The van der Waals surface area contributed by atoms with Crippen LogP contribution in [0.2, 0.25) is 0 Å². The number of nitrogens with one attached hydrogen (secondary N) is 2. The number of aromatic nitrogens is 4. The van der Waals surface area contributed by atoms with Crippen molar-refractivity contribution in [2.24, 2.45) is 0 Å². The molecule has 2 aromatic carbocycles. The molecule has 0 radical (unpaired) electrons. The molecule has 0 aliphatic heterocycles. The highest BCUT2D eigenvalue weighted by molar-refractivity contribution is 7.99. The first-order chi connectivity index (χ1) is 17.2. The molecule has 0 aliphatic rings. The molecule has 0 saturated heterocycles. The lowest BCUT2D eigenvalue weighted by molar-refractivity contribution is -0.384. The molecule has 12 nitrogen and oxygen atoms in total. The van der Waals surface area contributed by atoms with E-state index in [1.165, 1.54) is 34.5 Å². The minimum absolute atomic E-state index is 0.0228. The van der Waals surface area contributed by atoms with Crippen LogP contribution < -0.4 is 10.0 Å². The summed E-state index contributed by atoms with van der Waals surface area (Å²) in [4.78, 5) is 22.8. The van der Waals surface area contributed by atoms with Gasteiger partial charge >= 0.3 is 0 Å². The topological polar surface area (TPSA) is 161 Å². The zero-order chi connectivity index (χ0) is 25.7. The number of amides is 1. The van der Waals surface area contributed by atoms with Crippen LogP contribution in [0, 0.1) is 17.0 Å². The van der Waals surface area contributed by atoms with E-state index >= 15 is 0 Å². The summed E-state index contributed by atoms with van der Waals surface area (Å²) in [5.74, 6) is 0.131. The number of anilines is 1. The van der Waals surface area contributed by atoms with Gasteiger partial charge in [0.2, 0.25) is 15.9 Å². The highest BCUT2D eigenvalue weighted by atomic mass is 32.2. The first-order valence-corrected chi connectivity index (χ1v) is 13.1. The molecule has 0 atom stereocenters. The van der Waals surface area contributed by atoms with Gasteiger partial charge in [0.25, 0.3) is 5.69 Å². The molecule has 4 aromatic rings. The molecular formula is C22H21N7O5S2. The van der Waals surface area contributed by atoms with E-state index in [4.69, 9.17) is 0 Å². The Morgan fingerprint density at radius 3 is 2.64 bits per heavy atom. The van der Waals surface area contributed by atoms with Gasteiger partial charge in [-0.2, -0.15) is 9.61 Å². The maximum absolute atomic E-state index is 12.5. The van der Waals surface area contributed by atoms with Crippen molar-refractivity contribution >= 4 is 44.7 Å². The first kappa shape index (κ1) is 25.2. The number of hydrogen-bond acceptors (Lipinski definition) is 9. The Bertz CT molecular complexity index is 1520. The number of benzene rings is 2. The molecule has 14 heteroatoms. The summed E-state index contributed by atoms with van der Waals surface area (Å²) in [7, 11) is -3.66. The number of carbonyl (C=O) groups excluding carboxylic acids is 1. The highest BCUT2D eigenvalue weighted by Gasteiger charge is 2.15. The fourth-order valence-corrected chi connectivity index (χ4v) is 4.87. The van der Waals surface area contributed by atoms with Gasteiger partial charge in [-0.1, -0.05) is 35.5 Å². The van der Waals surface area contributed by atoms with Gasteiger partial charge < -0.3 is 5.32 Å². The van der Waals surface area contributed by atoms with E-state index in [2.05, 4.69) is 25.3 Å². The van der Waals surface area contributed by atoms with Crippen LogP contribution in [0.5, 0.6) is 0 Å². The van der Waals surface area contributed by atoms with Crippen LogP contribution >= 0.6 is 11.8 Å². The molecule has 2 heterocycles. The molecule has 36 heavy (non-hydrogen) atoms. The van der Waals surface area contributed by atoms with Gasteiger partial charge in [0, 0.05) is 30.8 Å². The largest absolute Gasteiger partial charge is 0.325 e. The van der Waals surface area contributed by atoms with Gasteiger partial charge in [-0.25, -0.2) is 13.1 Å². The van der Waals surface area contributed by atoms with Crippen molar-refractivity contribution < 1.29 is 18.1 Å². The Morgan fingerprint density at radius 1 is 1.11 bits per heavy atom. The average molecular weight is 528 g/mol. The lowest BCUT2D eigenvalue weighted by atomic mass is 10.2. The van der Waals surface area contributed by atoms with Crippen molar-refractivity contribution in [2.45, 2.75) is 23.3 Å². The van der Waals surface area contributed by atoms with Crippen molar-refractivity contribution in [1.82, 2.24) is 24.5 Å². The molecule has 1 amide bonds. The predicted molar refractivity (Wildman–Crippen MR) is 133 cm³/mol. The Labute approximate surface area is 210 Å². The SMILES string of the molecule is Cc1ccc(S(=O)(=O)NCCc2nnc3ccc(SCC(=O)Nc4cccc([N+](=O)[O-])c4)nn23)cc1. The molecule has 0 fully saturated rings. The molecule has 0 bridgehead atoms. The third-order valence-electron chi connectivity index (χ3n) is 4.97. The van der Waals surface area contributed by atoms with Crippen molar-refractivity contribution in [1.29, 1.82) is 0 Å². The molecule has 2 aromatic heterocycles. The fourth-order valence-electron chi connectivity index (χ4n) is 3.18. The number of hydrogen-bond donors (Lipinski definition) is 2. The van der Waals surface area contributed by atoms with E-state index in [-0.39, 0.29) is 35.2 Å². The highest BCUT2D eigenvalue weighted by Crippen LogP contribution is 2.19. The second kappa shape index (κ2) is 10.8. The smallest absolute Gasteiger partial charge is 0.271 e. The Kier molecular flexibility index (Phi) is 7.57. The summed E-state index contributed by atoms with van der Waals surface area (Å²) >= 11 is 1.17. The number of sulfonamides is 1. The van der Waals surface area contributed by atoms with Crippen molar-refractivity contribution in [2.75, 3.05) is 17.6 Å². The number of carbonyl (C=O) groups is 1. The summed E-state index contributed by atoms with van der Waals surface area (Å²) in [6.45, 7) is 1.98. The van der Waals surface area contributed by atoms with Gasteiger partial charge in [0.1, 0.15) is 5.03 Å². The van der Waals surface area contributed by atoms with Gasteiger partial charge in [0.15, 0.2) is 11.5 Å². The monoisotopic (exact) mass is 527 g/mol. The van der Waals surface area contributed by atoms with Crippen LogP contribution in [-0.2, 0) is 21.2 Å². The predicted octanol–water partition coefficient (Wildman–Crippen LogP) is 2.59. The number of fused-ring (bicyclic) bond motifs is 1. The number of aryl methyl sites for hydroxylation is 1. The maximum atomic E-state index is 12.5. The fraction of sp³-hybridized carbons (Fsp3) is 0.182. The standard InChI is InChI=1S/C22H21N7O5S2/c1-15-5-7-18(8-6-15)36(33,34)23-12-11-20-26-25-19-9-10-22(27-28(19)20)35-14-21(30)24-16-3-2-4-17(13-16)29(31)32/h2-10,13,23H,11-12,14H2,1H3,(H,24,30). The van der Waals surface area contributed by atoms with E-state index < -0.39 is 14.9 Å². The number of nitrogens with zero attached hydrogens (tertiary/aromatic N) is 5. The van der Waals surface area contributed by atoms with Crippen LogP contribution in [0.4, 0.5) is 11.4 Å². The first-order valence-electron chi connectivity index (χ1n) is 10.7. The number of thioether (sulfide) groups is 1. The minimum Gasteiger partial charge on any atom is -0.325 e. The van der Waals surface area contributed by atoms with Gasteiger partial charge in [-0.05, 0) is 37.3 Å². The molecule has 2 N–H and O–H groups in total. The van der Waals surface area contributed by atoms with Crippen LogP contribution in [0.1, 0.15) is 11.4 Å². The van der Waals surface area contributed by atoms with Crippen LogP contribution in [0.15, 0.2) is 70.6 Å². The van der Waals surface area contributed by atoms with Crippen molar-refractivity contribution in [3.8, 4) is 0 Å². The summed E-state index contributed by atoms with van der Waals surface area (Å²) in [6.07, 6.45) is 0.251. The van der Waals surface area contributed by atoms with Crippen LogP contribution in [-0.4, -0.2) is 51.4 Å². The summed E-state index contributed by atoms with van der Waals surface area (Å²) in [6, 6.07) is 15.6. The molecule has 4 rings (SSSR count). The Hall–Kier alpha value is -3.88. The third-order valence-corrected chi connectivity index (χ3v) is 7.36. The number of rotatable bonds is 10. The van der Waals surface area contributed by atoms with Crippen LogP contribution in [0.25, 0.3) is 5.65 Å². The van der Waals surface area contributed by atoms with Crippen molar-refractivity contribution in [3.05, 3.63) is 82.2 Å². The summed E-state index contributed by atoms with van der Waals surface area (Å²) < 4.78 is 29.0. The van der Waals surface area contributed by atoms with E-state index in [9.17, 15) is 23.3 Å².